The molecule has 0 aliphatic carbocycles. The van der Waals surface area contributed by atoms with Crippen LogP contribution in [0.2, 0.25) is 0 Å². The van der Waals surface area contributed by atoms with Crippen LogP contribution in [0.4, 0.5) is 0 Å². The fourth-order valence-electron chi connectivity index (χ4n) is 1.45. The lowest BCUT2D eigenvalue weighted by molar-refractivity contribution is 0.0948. The summed E-state index contributed by atoms with van der Waals surface area (Å²) >= 11 is 0. The molecule has 0 bridgehead atoms. The summed E-state index contributed by atoms with van der Waals surface area (Å²) < 4.78 is 10.5. The number of hydrogen-bond acceptors (Lipinski definition) is 3. The Kier molecular flexibility index (Phi) is 5.74. The maximum absolute atomic E-state index is 11.9. The van der Waals surface area contributed by atoms with Gasteiger partial charge in [0.15, 0.2) is 11.5 Å². The molecule has 4 nitrogen and oxygen atoms in total. The summed E-state index contributed by atoms with van der Waals surface area (Å²) in [4.78, 5) is 11.9. The van der Waals surface area contributed by atoms with Gasteiger partial charge in [-0.2, -0.15) is 0 Å². The third-order valence-corrected chi connectivity index (χ3v) is 2.41. The van der Waals surface area contributed by atoms with Crippen LogP contribution in [0.3, 0.4) is 0 Å². The molecule has 0 radical (unpaired) electrons. The lowest BCUT2D eigenvalue weighted by Gasteiger charge is -2.11. The molecule has 1 aromatic carbocycles. The van der Waals surface area contributed by atoms with Crippen molar-refractivity contribution >= 4 is 5.91 Å². The van der Waals surface area contributed by atoms with Gasteiger partial charge < -0.3 is 14.8 Å². The van der Waals surface area contributed by atoms with Gasteiger partial charge >= 0.3 is 0 Å². The number of ether oxygens (including phenoxy) is 2. The number of carbonyl (C=O) groups excluding carboxylic acids is 1. The number of rotatable bonds is 6. The van der Waals surface area contributed by atoms with Crippen molar-refractivity contribution in [2.75, 3.05) is 20.3 Å². The number of methoxy groups -OCH3 is 1. The zero-order valence-corrected chi connectivity index (χ0v) is 11.5. The van der Waals surface area contributed by atoms with E-state index in [1.54, 1.807) is 18.2 Å². The third-order valence-electron chi connectivity index (χ3n) is 2.41. The summed E-state index contributed by atoms with van der Waals surface area (Å²) in [5.41, 5.74) is 0.533. The van der Waals surface area contributed by atoms with E-state index in [0.717, 1.165) is 0 Å². The van der Waals surface area contributed by atoms with Gasteiger partial charge in [-0.05, 0) is 24.1 Å². The molecule has 0 unspecified atom stereocenters. The van der Waals surface area contributed by atoms with Crippen LogP contribution in [-0.2, 0) is 0 Å². The molecule has 1 amide bonds. The van der Waals surface area contributed by atoms with Crippen LogP contribution in [0.15, 0.2) is 18.2 Å². The van der Waals surface area contributed by atoms with Crippen LogP contribution >= 0.6 is 0 Å². The minimum atomic E-state index is -0.129. The molecule has 0 atom stereocenters. The number of nitrogens with one attached hydrogen (secondary N) is 1. The van der Waals surface area contributed by atoms with Crippen molar-refractivity contribution in [1.82, 2.24) is 5.32 Å². The number of terminal acetylenes is 1. The normalized spacial score (nSPS) is 9.84. The summed E-state index contributed by atoms with van der Waals surface area (Å²) in [7, 11) is 1.52. The standard InChI is InChI=1S/C15H19NO3/c1-5-8-19-13-7-6-12(9-14(13)18-4)15(17)16-10-11(2)3/h1,6-7,9,11H,8,10H2,2-4H3,(H,16,17). The van der Waals surface area contributed by atoms with Crippen molar-refractivity contribution < 1.29 is 14.3 Å². The second-order valence-corrected chi connectivity index (χ2v) is 4.46. The highest BCUT2D eigenvalue weighted by molar-refractivity contribution is 5.94. The van der Waals surface area contributed by atoms with Crippen LogP contribution in [0.1, 0.15) is 24.2 Å². The highest BCUT2D eigenvalue weighted by atomic mass is 16.5. The Labute approximate surface area is 114 Å². The van der Waals surface area contributed by atoms with Gasteiger partial charge in [-0.3, -0.25) is 4.79 Å². The van der Waals surface area contributed by atoms with Gasteiger partial charge in [0, 0.05) is 12.1 Å². The maximum atomic E-state index is 11.9. The van der Waals surface area contributed by atoms with E-state index >= 15 is 0 Å². The largest absolute Gasteiger partial charge is 0.493 e. The molecule has 0 fully saturated rings. The molecule has 0 aromatic heterocycles. The van der Waals surface area contributed by atoms with E-state index in [2.05, 4.69) is 11.2 Å². The first-order valence-corrected chi connectivity index (χ1v) is 6.11. The van der Waals surface area contributed by atoms with Crippen LogP contribution in [0.5, 0.6) is 11.5 Å². The predicted molar refractivity (Wildman–Crippen MR) is 74.5 cm³/mol. The molecule has 0 spiro atoms. The highest BCUT2D eigenvalue weighted by Crippen LogP contribution is 2.27. The molecule has 19 heavy (non-hydrogen) atoms. The van der Waals surface area contributed by atoms with Gasteiger partial charge in [0.25, 0.3) is 5.91 Å². The van der Waals surface area contributed by atoms with Gasteiger partial charge in [0.2, 0.25) is 0 Å². The van der Waals surface area contributed by atoms with Crippen molar-refractivity contribution in [1.29, 1.82) is 0 Å². The SMILES string of the molecule is C#CCOc1ccc(C(=O)NCC(C)C)cc1OC. The number of amides is 1. The Balaban J connectivity index is 2.81. The van der Waals surface area contributed by atoms with Gasteiger partial charge in [-0.25, -0.2) is 0 Å². The van der Waals surface area contributed by atoms with E-state index < -0.39 is 0 Å². The molecule has 1 aromatic rings. The molecule has 4 heteroatoms. The summed E-state index contributed by atoms with van der Waals surface area (Å²) in [6.45, 7) is 4.88. The summed E-state index contributed by atoms with van der Waals surface area (Å²) in [5.74, 6) is 3.68. The molecular formula is C15H19NO3. The van der Waals surface area contributed by atoms with Gasteiger partial charge in [-0.1, -0.05) is 19.8 Å². The van der Waals surface area contributed by atoms with E-state index in [9.17, 15) is 4.79 Å². The van der Waals surface area contributed by atoms with Crippen LogP contribution in [-0.4, -0.2) is 26.2 Å². The van der Waals surface area contributed by atoms with Gasteiger partial charge in [0.05, 0.1) is 7.11 Å². The quantitative estimate of drug-likeness (QED) is 0.798. The number of benzene rings is 1. The smallest absolute Gasteiger partial charge is 0.251 e. The molecular weight excluding hydrogens is 242 g/mol. The fourth-order valence-corrected chi connectivity index (χ4v) is 1.45. The van der Waals surface area contributed by atoms with Gasteiger partial charge in [0.1, 0.15) is 6.61 Å². The minimum absolute atomic E-state index is 0.129. The first-order valence-electron chi connectivity index (χ1n) is 6.11. The minimum Gasteiger partial charge on any atom is -0.493 e. The zero-order valence-electron chi connectivity index (χ0n) is 11.5. The van der Waals surface area contributed by atoms with Gasteiger partial charge in [-0.15, -0.1) is 6.42 Å². The Morgan fingerprint density at radius 2 is 2.16 bits per heavy atom. The van der Waals surface area contributed by atoms with Crippen molar-refractivity contribution in [3.63, 3.8) is 0 Å². The first kappa shape index (κ1) is 14.9. The second-order valence-electron chi connectivity index (χ2n) is 4.46. The Morgan fingerprint density at radius 3 is 2.74 bits per heavy atom. The third kappa shape index (κ3) is 4.55. The van der Waals surface area contributed by atoms with E-state index in [1.807, 2.05) is 13.8 Å². The zero-order chi connectivity index (χ0) is 14.3. The van der Waals surface area contributed by atoms with E-state index in [4.69, 9.17) is 15.9 Å². The Bertz CT molecular complexity index is 475. The Hall–Kier alpha value is -2.15. The van der Waals surface area contributed by atoms with Crippen LogP contribution in [0.25, 0.3) is 0 Å². The lowest BCUT2D eigenvalue weighted by Crippen LogP contribution is -2.27. The van der Waals surface area contributed by atoms with Crippen molar-refractivity contribution in [2.24, 2.45) is 5.92 Å². The summed E-state index contributed by atoms with van der Waals surface area (Å²) in [6, 6.07) is 5.01. The fraction of sp³-hybridized carbons (Fsp3) is 0.400. The predicted octanol–water partition coefficient (Wildman–Crippen LogP) is 2.09. The van der Waals surface area contributed by atoms with Crippen LogP contribution < -0.4 is 14.8 Å². The average molecular weight is 261 g/mol. The van der Waals surface area contributed by atoms with E-state index in [1.165, 1.54) is 7.11 Å². The molecule has 0 aliphatic rings. The molecule has 1 N–H and O–H groups in total. The number of hydrogen-bond donors (Lipinski definition) is 1. The first-order chi connectivity index (χ1) is 9.08. The molecule has 0 aliphatic heterocycles. The van der Waals surface area contributed by atoms with Crippen LogP contribution in [0, 0.1) is 18.3 Å². The molecule has 0 saturated heterocycles. The topological polar surface area (TPSA) is 47.6 Å². The highest BCUT2D eigenvalue weighted by Gasteiger charge is 2.11. The molecule has 0 heterocycles. The lowest BCUT2D eigenvalue weighted by atomic mass is 10.1. The maximum Gasteiger partial charge on any atom is 0.251 e. The molecule has 0 saturated carbocycles. The second kappa shape index (κ2) is 7.32. The Morgan fingerprint density at radius 1 is 1.42 bits per heavy atom. The monoisotopic (exact) mass is 261 g/mol. The van der Waals surface area contributed by atoms with E-state index in [0.29, 0.717) is 29.5 Å². The van der Waals surface area contributed by atoms with E-state index in [-0.39, 0.29) is 12.5 Å². The number of carbonyl (C=O) groups is 1. The van der Waals surface area contributed by atoms with Crippen molar-refractivity contribution in [2.45, 2.75) is 13.8 Å². The molecule has 102 valence electrons. The summed E-state index contributed by atoms with van der Waals surface area (Å²) in [5, 5.41) is 2.84. The van der Waals surface area contributed by atoms with Crippen molar-refractivity contribution in [3.8, 4) is 23.8 Å². The molecule has 1 rings (SSSR count). The summed E-state index contributed by atoms with van der Waals surface area (Å²) in [6.07, 6.45) is 5.13. The van der Waals surface area contributed by atoms with Crippen molar-refractivity contribution in [3.05, 3.63) is 23.8 Å². The average Bonchev–Trinajstić information content (AvgIpc) is 2.42.